The summed E-state index contributed by atoms with van der Waals surface area (Å²) in [7, 11) is 0. The topological polar surface area (TPSA) is 55.1 Å². The van der Waals surface area contributed by atoms with Crippen molar-refractivity contribution in [2.45, 2.75) is 26.0 Å². The Bertz CT molecular complexity index is 349. The number of hydrazine groups is 1. The minimum atomic E-state index is -0.160. The SMILES string of the molecule is CC(C)CSCc1ccc(CC(=O)NN)cc1. The average molecular weight is 252 g/mol. The zero-order valence-electron chi connectivity index (χ0n) is 10.4. The Morgan fingerprint density at radius 3 is 2.41 bits per heavy atom. The zero-order valence-corrected chi connectivity index (χ0v) is 11.2. The molecule has 1 aromatic carbocycles. The molecule has 0 aliphatic heterocycles. The molecule has 0 spiro atoms. The first-order valence-corrected chi connectivity index (χ1v) is 6.92. The van der Waals surface area contributed by atoms with Gasteiger partial charge in [-0.05, 0) is 22.8 Å². The number of hydrogen-bond acceptors (Lipinski definition) is 3. The van der Waals surface area contributed by atoms with Crippen molar-refractivity contribution < 1.29 is 4.79 Å². The molecule has 1 amide bonds. The molecule has 0 fully saturated rings. The number of amides is 1. The van der Waals surface area contributed by atoms with Gasteiger partial charge in [-0.2, -0.15) is 11.8 Å². The highest BCUT2D eigenvalue weighted by Gasteiger charge is 2.01. The molecule has 3 N–H and O–H groups in total. The third kappa shape index (κ3) is 5.75. The molecule has 0 aromatic heterocycles. The van der Waals surface area contributed by atoms with Crippen LogP contribution in [0.3, 0.4) is 0 Å². The molecule has 1 rings (SSSR count). The van der Waals surface area contributed by atoms with Gasteiger partial charge in [-0.15, -0.1) is 0 Å². The predicted molar refractivity (Wildman–Crippen MR) is 73.5 cm³/mol. The van der Waals surface area contributed by atoms with E-state index in [-0.39, 0.29) is 5.91 Å². The molecule has 0 saturated carbocycles. The highest BCUT2D eigenvalue weighted by atomic mass is 32.2. The lowest BCUT2D eigenvalue weighted by molar-refractivity contribution is -0.120. The third-order valence-corrected chi connectivity index (χ3v) is 3.71. The summed E-state index contributed by atoms with van der Waals surface area (Å²) < 4.78 is 0. The highest BCUT2D eigenvalue weighted by molar-refractivity contribution is 7.98. The fourth-order valence-electron chi connectivity index (χ4n) is 1.40. The van der Waals surface area contributed by atoms with Crippen molar-refractivity contribution >= 4 is 17.7 Å². The zero-order chi connectivity index (χ0) is 12.7. The van der Waals surface area contributed by atoms with Crippen molar-refractivity contribution in [1.29, 1.82) is 0 Å². The van der Waals surface area contributed by atoms with Crippen molar-refractivity contribution in [3.63, 3.8) is 0 Å². The van der Waals surface area contributed by atoms with Gasteiger partial charge >= 0.3 is 0 Å². The van der Waals surface area contributed by atoms with Crippen LogP contribution in [0.2, 0.25) is 0 Å². The van der Waals surface area contributed by atoms with Gasteiger partial charge in [-0.25, -0.2) is 5.84 Å². The molecule has 0 saturated heterocycles. The summed E-state index contributed by atoms with van der Waals surface area (Å²) >= 11 is 1.94. The van der Waals surface area contributed by atoms with E-state index in [1.807, 2.05) is 23.9 Å². The van der Waals surface area contributed by atoms with Crippen LogP contribution in [-0.4, -0.2) is 11.7 Å². The maximum absolute atomic E-state index is 11.1. The van der Waals surface area contributed by atoms with Crippen molar-refractivity contribution in [2.75, 3.05) is 5.75 Å². The third-order valence-electron chi connectivity index (χ3n) is 2.27. The minimum Gasteiger partial charge on any atom is -0.294 e. The molecule has 94 valence electrons. The molecular weight excluding hydrogens is 232 g/mol. The summed E-state index contributed by atoms with van der Waals surface area (Å²) in [5.41, 5.74) is 4.42. The van der Waals surface area contributed by atoms with E-state index in [9.17, 15) is 4.79 Å². The second-order valence-corrected chi connectivity index (χ2v) is 5.50. The number of thioether (sulfide) groups is 1. The molecule has 0 aliphatic rings. The van der Waals surface area contributed by atoms with Crippen LogP contribution in [0.5, 0.6) is 0 Å². The fraction of sp³-hybridized carbons (Fsp3) is 0.462. The Labute approximate surface area is 107 Å². The van der Waals surface area contributed by atoms with Crippen LogP contribution >= 0.6 is 11.8 Å². The fourth-order valence-corrected chi connectivity index (χ4v) is 2.42. The largest absolute Gasteiger partial charge is 0.294 e. The Balaban J connectivity index is 2.42. The van der Waals surface area contributed by atoms with Gasteiger partial charge in [0, 0.05) is 5.75 Å². The second kappa shape index (κ2) is 7.35. The lowest BCUT2D eigenvalue weighted by atomic mass is 10.1. The molecule has 0 bridgehead atoms. The van der Waals surface area contributed by atoms with Crippen LogP contribution in [0, 0.1) is 5.92 Å². The number of carbonyl (C=O) groups is 1. The normalized spacial score (nSPS) is 10.6. The molecule has 1 aromatic rings. The molecule has 0 atom stereocenters. The molecule has 3 nitrogen and oxygen atoms in total. The van der Waals surface area contributed by atoms with Crippen molar-refractivity contribution in [2.24, 2.45) is 11.8 Å². The molecular formula is C13H20N2OS. The van der Waals surface area contributed by atoms with Crippen molar-refractivity contribution in [3.05, 3.63) is 35.4 Å². The summed E-state index contributed by atoms with van der Waals surface area (Å²) in [5.74, 6) is 7.82. The molecule has 0 heterocycles. The Morgan fingerprint density at radius 2 is 1.88 bits per heavy atom. The maximum atomic E-state index is 11.1. The Morgan fingerprint density at radius 1 is 1.29 bits per heavy atom. The van der Waals surface area contributed by atoms with E-state index in [4.69, 9.17) is 5.84 Å². The van der Waals surface area contributed by atoms with Crippen LogP contribution in [0.25, 0.3) is 0 Å². The van der Waals surface area contributed by atoms with E-state index in [0.717, 1.165) is 17.2 Å². The van der Waals surface area contributed by atoms with Crippen molar-refractivity contribution in [3.8, 4) is 0 Å². The van der Waals surface area contributed by atoms with Crippen LogP contribution in [0.4, 0.5) is 0 Å². The minimum absolute atomic E-state index is 0.160. The van der Waals surface area contributed by atoms with Gasteiger partial charge in [0.2, 0.25) is 5.91 Å². The first-order valence-electron chi connectivity index (χ1n) is 5.77. The van der Waals surface area contributed by atoms with E-state index in [2.05, 4.69) is 31.4 Å². The standard InChI is InChI=1S/C13H20N2OS/c1-10(2)8-17-9-12-5-3-11(4-6-12)7-13(16)15-14/h3-6,10H,7-9,14H2,1-2H3,(H,15,16). The number of hydrogen-bond donors (Lipinski definition) is 2. The first-order chi connectivity index (χ1) is 8.11. The molecule has 0 unspecified atom stereocenters. The van der Waals surface area contributed by atoms with Gasteiger partial charge in [0.05, 0.1) is 6.42 Å². The quantitative estimate of drug-likeness (QED) is 0.463. The van der Waals surface area contributed by atoms with E-state index >= 15 is 0 Å². The number of nitrogens with one attached hydrogen (secondary N) is 1. The summed E-state index contributed by atoms with van der Waals surface area (Å²) in [6, 6.07) is 8.12. The lowest BCUT2D eigenvalue weighted by Gasteiger charge is -2.06. The van der Waals surface area contributed by atoms with Crippen LogP contribution in [-0.2, 0) is 17.0 Å². The Hall–Kier alpha value is -1.00. The predicted octanol–water partition coefficient (Wildman–Crippen LogP) is 2.11. The summed E-state index contributed by atoms with van der Waals surface area (Å²) in [5, 5.41) is 0. The van der Waals surface area contributed by atoms with Gasteiger partial charge in [-0.1, -0.05) is 38.1 Å². The van der Waals surface area contributed by atoms with Gasteiger partial charge in [0.15, 0.2) is 0 Å². The van der Waals surface area contributed by atoms with Crippen LogP contribution in [0.1, 0.15) is 25.0 Å². The number of nitrogens with two attached hydrogens (primary N) is 1. The van der Waals surface area contributed by atoms with Crippen LogP contribution in [0.15, 0.2) is 24.3 Å². The molecule has 4 heteroatoms. The number of rotatable bonds is 6. The molecule has 0 aliphatic carbocycles. The van der Waals surface area contributed by atoms with Crippen molar-refractivity contribution in [1.82, 2.24) is 5.43 Å². The average Bonchev–Trinajstić information content (AvgIpc) is 2.31. The summed E-state index contributed by atoms with van der Waals surface area (Å²) in [6.07, 6.45) is 0.343. The highest BCUT2D eigenvalue weighted by Crippen LogP contribution is 2.16. The van der Waals surface area contributed by atoms with Gasteiger partial charge in [0.25, 0.3) is 0 Å². The van der Waals surface area contributed by atoms with E-state index < -0.39 is 0 Å². The number of benzene rings is 1. The number of carbonyl (C=O) groups excluding carboxylic acids is 1. The molecule has 0 radical (unpaired) electrons. The van der Waals surface area contributed by atoms with E-state index in [1.165, 1.54) is 11.3 Å². The van der Waals surface area contributed by atoms with E-state index in [1.54, 1.807) is 0 Å². The maximum Gasteiger partial charge on any atom is 0.238 e. The summed E-state index contributed by atoms with van der Waals surface area (Å²) in [6.45, 7) is 4.45. The van der Waals surface area contributed by atoms with Gasteiger partial charge in [-0.3, -0.25) is 10.2 Å². The Kier molecular flexibility index (Phi) is 6.08. The monoisotopic (exact) mass is 252 g/mol. The second-order valence-electron chi connectivity index (χ2n) is 4.47. The lowest BCUT2D eigenvalue weighted by Crippen LogP contribution is -2.31. The van der Waals surface area contributed by atoms with Gasteiger partial charge < -0.3 is 0 Å². The molecule has 17 heavy (non-hydrogen) atoms. The van der Waals surface area contributed by atoms with Gasteiger partial charge in [0.1, 0.15) is 0 Å². The summed E-state index contributed by atoms with van der Waals surface area (Å²) in [4.78, 5) is 11.1. The first kappa shape index (κ1) is 14.1. The smallest absolute Gasteiger partial charge is 0.238 e. The van der Waals surface area contributed by atoms with E-state index in [0.29, 0.717) is 6.42 Å². The van der Waals surface area contributed by atoms with Crippen LogP contribution < -0.4 is 11.3 Å².